The molecule has 0 N–H and O–H groups in total. The van der Waals surface area contributed by atoms with Crippen LogP contribution in [0.4, 0.5) is 0 Å². The fourth-order valence-corrected chi connectivity index (χ4v) is 3.96. The van der Waals surface area contributed by atoms with Crippen LogP contribution in [0.25, 0.3) is 5.69 Å². The van der Waals surface area contributed by atoms with Crippen molar-refractivity contribution in [3.8, 4) is 11.4 Å². The van der Waals surface area contributed by atoms with Crippen LogP contribution in [0.5, 0.6) is 5.75 Å². The molecular weight excluding hydrogens is 386 g/mol. The minimum Gasteiger partial charge on any atom is -0.496 e. The molecule has 0 saturated carbocycles. The van der Waals surface area contributed by atoms with Gasteiger partial charge in [0.05, 0.1) is 17.3 Å². The molecule has 0 saturated heterocycles. The average Bonchev–Trinajstić information content (AvgIpc) is 3.01. The molecule has 3 rings (SSSR count). The van der Waals surface area contributed by atoms with E-state index in [-0.39, 0.29) is 0 Å². The van der Waals surface area contributed by atoms with Crippen molar-refractivity contribution in [2.24, 2.45) is 0 Å². The Bertz CT molecular complexity index is 863. The van der Waals surface area contributed by atoms with Crippen LogP contribution in [-0.4, -0.2) is 21.9 Å². The first-order valence-corrected chi connectivity index (χ1v) is 9.29. The third-order valence-electron chi connectivity index (χ3n) is 3.71. The Morgan fingerprint density at radius 3 is 2.71 bits per heavy atom. The van der Waals surface area contributed by atoms with Gasteiger partial charge in [-0.3, -0.25) is 4.57 Å². The standard InChI is InChI=1S/C18H18BrN3OS/c1-12-4-6-16(13(2)8-12)22-11-20-21-18(22)24-10-14-5-7-17(23-3)15(19)9-14/h4-9,11H,10H2,1-3H3. The zero-order chi connectivity index (χ0) is 17.1. The fourth-order valence-electron chi connectivity index (χ4n) is 2.51. The van der Waals surface area contributed by atoms with Gasteiger partial charge < -0.3 is 4.74 Å². The van der Waals surface area contributed by atoms with E-state index in [1.807, 2.05) is 10.6 Å². The van der Waals surface area contributed by atoms with Gasteiger partial charge in [0.2, 0.25) is 0 Å². The third kappa shape index (κ3) is 3.65. The summed E-state index contributed by atoms with van der Waals surface area (Å²) in [4.78, 5) is 0. The van der Waals surface area contributed by atoms with Gasteiger partial charge in [-0.1, -0.05) is 35.5 Å². The van der Waals surface area contributed by atoms with E-state index >= 15 is 0 Å². The van der Waals surface area contributed by atoms with Gasteiger partial charge in [0, 0.05) is 5.75 Å². The van der Waals surface area contributed by atoms with Gasteiger partial charge in [0.25, 0.3) is 0 Å². The molecular formula is C18H18BrN3OS. The molecule has 0 spiro atoms. The normalized spacial score (nSPS) is 10.8. The SMILES string of the molecule is COc1ccc(CSc2nncn2-c2ccc(C)cc2C)cc1Br. The summed E-state index contributed by atoms with van der Waals surface area (Å²) in [5.74, 6) is 1.65. The Kier molecular flexibility index (Phi) is 5.26. The molecule has 1 aromatic heterocycles. The number of aromatic nitrogens is 3. The monoisotopic (exact) mass is 403 g/mol. The first kappa shape index (κ1) is 17.0. The van der Waals surface area contributed by atoms with Crippen molar-refractivity contribution in [3.63, 3.8) is 0 Å². The maximum absolute atomic E-state index is 5.27. The molecule has 0 amide bonds. The predicted molar refractivity (Wildman–Crippen MR) is 101 cm³/mol. The molecule has 0 unspecified atom stereocenters. The summed E-state index contributed by atoms with van der Waals surface area (Å²) < 4.78 is 8.27. The van der Waals surface area contributed by atoms with Crippen molar-refractivity contribution in [1.29, 1.82) is 0 Å². The van der Waals surface area contributed by atoms with Gasteiger partial charge in [0.1, 0.15) is 12.1 Å². The van der Waals surface area contributed by atoms with Crippen molar-refractivity contribution in [3.05, 3.63) is 63.9 Å². The summed E-state index contributed by atoms with van der Waals surface area (Å²) in [6.07, 6.45) is 1.77. The minimum absolute atomic E-state index is 0.812. The summed E-state index contributed by atoms with van der Waals surface area (Å²) in [6, 6.07) is 12.5. The van der Waals surface area contributed by atoms with Crippen LogP contribution in [-0.2, 0) is 5.75 Å². The predicted octanol–water partition coefficient (Wildman–Crippen LogP) is 4.95. The highest BCUT2D eigenvalue weighted by molar-refractivity contribution is 9.10. The summed E-state index contributed by atoms with van der Waals surface area (Å²) in [7, 11) is 1.67. The number of thioether (sulfide) groups is 1. The molecule has 0 aliphatic carbocycles. The smallest absolute Gasteiger partial charge is 0.195 e. The van der Waals surface area contributed by atoms with Gasteiger partial charge >= 0.3 is 0 Å². The lowest BCUT2D eigenvalue weighted by Crippen LogP contribution is -1.98. The van der Waals surface area contributed by atoms with Crippen molar-refractivity contribution in [1.82, 2.24) is 14.8 Å². The Morgan fingerprint density at radius 2 is 2.00 bits per heavy atom. The largest absolute Gasteiger partial charge is 0.496 e. The second-order valence-electron chi connectivity index (χ2n) is 5.53. The second-order valence-corrected chi connectivity index (χ2v) is 7.33. The van der Waals surface area contributed by atoms with Crippen LogP contribution >= 0.6 is 27.7 Å². The number of ether oxygens (including phenoxy) is 1. The summed E-state index contributed by atoms with van der Waals surface area (Å²) in [6.45, 7) is 4.21. The molecule has 4 nitrogen and oxygen atoms in total. The molecule has 6 heteroatoms. The van der Waals surface area contributed by atoms with E-state index in [9.17, 15) is 0 Å². The summed E-state index contributed by atoms with van der Waals surface area (Å²) >= 11 is 5.19. The lowest BCUT2D eigenvalue weighted by molar-refractivity contribution is 0.412. The lowest BCUT2D eigenvalue weighted by atomic mass is 10.1. The molecule has 0 aliphatic heterocycles. The number of hydrogen-bond acceptors (Lipinski definition) is 4. The highest BCUT2D eigenvalue weighted by atomic mass is 79.9. The molecule has 124 valence electrons. The number of hydrogen-bond donors (Lipinski definition) is 0. The Labute approximate surface area is 154 Å². The van der Waals surface area contributed by atoms with E-state index in [2.05, 4.69) is 70.3 Å². The zero-order valence-corrected chi connectivity index (χ0v) is 16.2. The van der Waals surface area contributed by atoms with Crippen molar-refractivity contribution in [2.75, 3.05) is 7.11 Å². The minimum atomic E-state index is 0.812. The number of aryl methyl sites for hydroxylation is 2. The Morgan fingerprint density at radius 1 is 1.17 bits per heavy atom. The van der Waals surface area contributed by atoms with Crippen molar-refractivity contribution >= 4 is 27.7 Å². The first-order valence-electron chi connectivity index (χ1n) is 7.51. The van der Waals surface area contributed by atoms with Crippen LogP contribution in [0.3, 0.4) is 0 Å². The van der Waals surface area contributed by atoms with Gasteiger partial charge in [-0.25, -0.2) is 0 Å². The summed E-state index contributed by atoms with van der Waals surface area (Å²) in [5.41, 5.74) is 4.78. The highest BCUT2D eigenvalue weighted by Gasteiger charge is 2.10. The Balaban J connectivity index is 1.80. The zero-order valence-electron chi connectivity index (χ0n) is 13.8. The quantitative estimate of drug-likeness (QED) is 0.565. The van der Waals surface area contributed by atoms with E-state index in [4.69, 9.17) is 4.74 Å². The molecule has 0 radical (unpaired) electrons. The first-order chi connectivity index (χ1) is 11.6. The van der Waals surface area contributed by atoms with E-state index in [1.54, 1.807) is 25.2 Å². The van der Waals surface area contributed by atoms with Crippen LogP contribution < -0.4 is 4.74 Å². The van der Waals surface area contributed by atoms with Crippen LogP contribution in [0.1, 0.15) is 16.7 Å². The lowest BCUT2D eigenvalue weighted by Gasteiger charge is -2.10. The fraction of sp³-hybridized carbons (Fsp3) is 0.222. The van der Waals surface area contributed by atoms with E-state index < -0.39 is 0 Å². The molecule has 0 fully saturated rings. The number of halogens is 1. The number of rotatable bonds is 5. The summed E-state index contributed by atoms with van der Waals surface area (Å²) in [5, 5.41) is 9.23. The molecule has 24 heavy (non-hydrogen) atoms. The molecule has 0 atom stereocenters. The van der Waals surface area contributed by atoms with E-state index in [0.717, 1.165) is 26.8 Å². The van der Waals surface area contributed by atoms with Crippen molar-refractivity contribution in [2.45, 2.75) is 24.8 Å². The molecule has 0 aliphatic rings. The number of nitrogens with zero attached hydrogens (tertiary/aromatic N) is 3. The number of benzene rings is 2. The second kappa shape index (κ2) is 7.40. The van der Waals surface area contributed by atoms with Crippen LogP contribution in [0.15, 0.2) is 52.4 Å². The van der Waals surface area contributed by atoms with Gasteiger partial charge in [-0.05, 0) is 59.1 Å². The van der Waals surface area contributed by atoms with E-state index in [0.29, 0.717) is 0 Å². The van der Waals surface area contributed by atoms with Crippen LogP contribution in [0, 0.1) is 13.8 Å². The van der Waals surface area contributed by atoms with Crippen molar-refractivity contribution < 1.29 is 4.74 Å². The topological polar surface area (TPSA) is 39.9 Å². The number of methoxy groups -OCH3 is 1. The van der Waals surface area contributed by atoms with E-state index in [1.165, 1.54) is 16.7 Å². The molecule has 1 heterocycles. The Hall–Kier alpha value is -1.79. The average molecular weight is 404 g/mol. The molecule has 3 aromatic rings. The van der Waals surface area contributed by atoms with Crippen LogP contribution in [0.2, 0.25) is 0 Å². The molecule has 2 aromatic carbocycles. The molecule has 0 bridgehead atoms. The highest BCUT2D eigenvalue weighted by Crippen LogP contribution is 2.29. The maximum Gasteiger partial charge on any atom is 0.195 e. The maximum atomic E-state index is 5.27. The van der Waals surface area contributed by atoms with Gasteiger partial charge in [0.15, 0.2) is 5.16 Å². The van der Waals surface area contributed by atoms with Gasteiger partial charge in [-0.15, -0.1) is 10.2 Å². The van der Waals surface area contributed by atoms with Gasteiger partial charge in [-0.2, -0.15) is 0 Å². The third-order valence-corrected chi connectivity index (χ3v) is 5.35.